The minimum absolute atomic E-state index is 0.164. The number of carboxylic acid groups (broad SMARTS) is 1. The summed E-state index contributed by atoms with van der Waals surface area (Å²) in [4.78, 5) is 38.9. The normalized spacial score (nSPS) is 19.2. The van der Waals surface area contributed by atoms with Gasteiger partial charge < -0.3 is 10.0 Å². The average Bonchev–Trinajstić information content (AvgIpc) is 2.76. The molecule has 0 bridgehead atoms. The number of carbonyl (C=O) groups excluding carboxylic acids is 2. The third-order valence-corrected chi connectivity index (χ3v) is 4.53. The first-order valence-electron chi connectivity index (χ1n) is 7.87. The molecule has 0 saturated carbocycles. The maximum absolute atomic E-state index is 12.8. The number of amides is 3. The molecule has 130 valence electrons. The van der Waals surface area contributed by atoms with Gasteiger partial charge >= 0.3 is 12.0 Å². The van der Waals surface area contributed by atoms with Crippen LogP contribution in [0, 0.1) is 5.92 Å². The van der Waals surface area contributed by atoms with Gasteiger partial charge in [-0.1, -0.05) is 44.2 Å². The molecule has 1 heterocycles. The average molecular weight is 350 g/mol. The maximum Gasteiger partial charge on any atom is 0.328 e. The lowest BCUT2D eigenvalue weighted by molar-refractivity contribution is -0.138. The highest BCUT2D eigenvalue weighted by Gasteiger charge is 2.49. The summed E-state index contributed by atoms with van der Waals surface area (Å²) < 4.78 is 0. The quantitative estimate of drug-likeness (QED) is 0.582. The third kappa shape index (κ3) is 3.72. The largest absolute Gasteiger partial charge is 0.480 e. The number of carboxylic acids is 1. The van der Waals surface area contributed by atoms with E-state index in [9.17, 15) is 14.4 Å². The van der Waals surface area contributed by atoms with E-state index >= 15 is 0 Å². The fourth-order valence-corrected chi connectivity index (χ4v) is 3.34. The van der Waals surface area contributed by atoms with Crippen molar-refractivity contribution >= 4 is 30.5 Å². The zero-order chi connectivity index (χ0) is 17.9. The molecule has 2 atom stereocenters. The van der Waals surface area contributed by atoms with E-state index < -0.39 is 30.6 Å². The standard InChI is InChI=1S/C17H22N2O4S/c1-11(2)15-16(22)19(17(23)18(15)9-14(20)21)13(10-24)8-12-6-4-3-5-7-12/h3-7,11,13,15,24H,8-10H2,1-2H3,(H,20,21). The van der Waals surface area contributed by atoms with Gasteiger partial charge in [0.2, 0.25) is 0 Å². The van der Waals surface area contributed by atoms with Gasteiger partial charge in [0.15, 0.2) is 0 Å². The first kappa shape index (κ1) is 18.3. The number of rotatable bonds is 7. The van der Waals surface area contributed by atoms with Crippen LogP contribution in [0.5, 0.6) is 0 Å². The van der Waals surface area contributed by atoms with E-state index in [0.29, 0.717) is 12.2 Å². The van der Waals surface area contributed by atoms with E-state index in [-0.39, 0.29) is 11.8 Å². The Morgan fingerprint density at radius 2 is 1.88 bits per heavy atom. The minimum Gasteiger partial charge on any atom is -0.480 e. The number of aliphatic carboxylic acids is 1. The SMILES string of the molecule is CC(C)C1C(=O)N(C(CS)Cc2ccccc2)C(=O)N1CC(=O)O. The van der Waals surface area contributed by atoms with Crippen LogP contribution >= 0.6 is 12.6 Å². The molecule has 1 aromatic carbocycles. The summed E-state index contributed by atoms with van der Waals surface area (Å²) in [6, 6.07) is 7.85. The monoisotopic (exact) mass is 350 g/mol. The van der Waals surface area contributed by atoms with Crippen LogP contribution in [-0.2, 0) is 16.0 Å². The van der Waals surface area contributed by atoms with E-state index in [1.807, 2.05) is 30.3 Å². The predicted molar refractivity (Wildman–Crippen MR) is 93.0 cm³/mol. The van der Waals surface area contributed by atoms with Crippen molar-refractivity contribution in [2.24, 2.45) is 5.92 Å². The van der Waals surface area contributed by atoms with E-state index in [1.54, 1.807) is 13.8 Å². The summed E-state index contributed by atoms with van der Waals surface area (Å²) in [5.41, 5.74) is 0.995. The van der Waals surface area contributed by atoms with Gasteiger partial charge in [-0.15, -0.1) is 0 Å². The molecule has 2 unspecified atom stereocenters. The van der Waals surface area contributed by atoms with Crippen molar-refractivity contribution in [2.45, 2.75) is 32.4 Å². The lowest BCUT2D eigenvalue weighted by Gasteiger charge is -2.24. The van der Waals surface area contributed by atoms with Crippen LogP contribution < -0.4 is 0 Å². The summed E-state index contributed by atoms with van der Waals surface area (Å²) >= 11 is 4.30. The lowest BCUT2D eigenvalue weighted by atomic mass is 10.0. The van der Waals surface area contributed by atoms with Crippen LogP contribution in [-0.4, -0.2) is 57.2 Å². The topological polar surface area (TPSA) is 77.9 Å². The highest BCUT2D eigenvalue weighted by molar-refractivity contribution is 7.80. The number of benzene rings is 1. The number of hydrogen-bond donors (Lipinski definition) is 2. The first-order valence-corrected chi connectivity index (χ1v) is 8.50. The summed E-state index contributed by atoms with van der Waals surface area (Å²) in [6.45, 7) is 3.14. The second-order valence-corrected chi connectivity index (χ2v) is 6.59. The Balaban J connectivity index is 2.28. The van der Waals surface area contributed by atoms with E-state index in [0.717, 1.165) is 10.5 Å². The smallest absolute Gasteiger partial charge is 0.328 e. The third-order valence-electron chi connectivity index (χ3n) is 4.11. The first-order chi connectivity index (χ1) is 11.4. The maximum atomic E-state index is 12.8. The Morgan fingerprint density at radius 3 is 2.38 bits per heavy atom. The van der Waals surface area contributed by atoms with E-state index in [4.69, 9.17) is 5.11 Å². The van der Waals surface area contributed by atoms with Crippen molar-refractivity contribution in [3.8, 4) is 0 Å². The molecule has 0 spiro atoms. The number of nitrogens with zero attached hydrogens (tertiary/aromatic N) is 2. The molecule has 6 nitrogen and oxygen atoms in total. The summed E-state index contributed by atoms with van der Waals surface area (Å²) in [5, 5.41) is 9.06. The Kier molecular flexibility index (Phi) is 5.88. The van der Waals surface area contributed by atoms with Crippen molar-refractivity contribution in [3.05, 3.63) is 35.9 Å². The highest BCUT2D eigenvalue weighted by atomic mass is 32.1. The number of imide groups is 1. The van der Waals surface area contributed by atoms with Gasteiger partial charge in [-0.2, -0.15) is 12.6 Å². The predicted octanol–water partition coefficient (Wildman–Crippen LogP) is 1.90. The van der Waals surface area contributed by atoms with Crippen molar-refractivity contribution in [1.82, 2.24) is 9.80 Å². The Labute approximate surface area is 146 Å². The van der Waals surface area contributed by atoms with Gasteiger partial charge in [-0.05, 0) is 17.9 Å². The molecule has 1 aliphatic heterocycles. The number of urea groups is 1. The van der Waals surface area contributed by atoms with Crippen LogP contribution in [0.3, 0.4) is 0 Å². The van der Waals surface area contributed by atoms with Crippen molar-refractivity contribution < 1.29 is 19.5 Å². The van der Waals surface area contributed by atoms with Crippen LogP contribution in [0.25, 0.3) is 0 Å². The molecule has 3 amide bonds. The number of thiol groups is 1. The second kappa shape index (κ2) is 7.70. The number of carbonyl (C=O) groups is 3. The Morgan fingerprint density at radius 1 is 1.25 bits per heavy atom. The highest BCUT2D eigenvalue weighted by Crippen LogP contribution is 2.27. The van der Waals surface area contributed by atoms with Gasteiger partial charge in [0.05, 0.1) is 6.04 Å². The van der Waals surface area contributed by atoms with Gasteiger partial charge in [-0.3, -0.25) is 14.5 Å². The zero-order valence-electron chi connectivity index (χ0n) is 13.8. The van der Waals surface area contributed by atoms with Gasteiger partial charge in [0.1, 0.15) is 12.6 Å². The molecule has 2 rings (SSSR count). The minimum atomic E-state index is -1.13. The van der Waals surface area contributed by atoms with Gasteiger partial charge in [-0.25, -0.2) is 4.79 Å². The summed E-state index contributed by atoms with van der Waals surface area (Å²) in [7, 11) is 0. The van der Waals surface area contributed by atoms with Crippen LogP contribution in [0.2, 0.25) is 0 Å². The molecular weight excluding hydrogens is 328 g/mol. The molecule has 1 aromatic rings. The summed E-state index contributed by atoms with van der Waals surface area (Å²) in [5.74, 6) is -1.32. The molecule has 1 aliphatic rings. The van der Waals surface area contributed by atoms with E-state index in [2.05, 4.69) is 12.6 Å². The molecule has 1 fully saturated rings. The molecule has 24 heavy (non-hydrogen) atoms. The molecular formula is C17H22N2O4S. The molecule has 0 radical (unpaired) electrons. The van der Waals surface area contributed by atoms with Gasteiger partial charge in [0.25, 0.3) is 5.91 Å². The molecule has 0 aliphatic carbocycles. The molecule has 0 aromatic heterocycles. The molecule has 1 saturated heterocycles. The van der Waals surface area contributed by atoms with Gasteiger partial charge in [0, 0.05) is 5.75 Å². The Hall–Kier alpha value is -2.02. The Bertz CT molecular complexity index is 620. The van der Waals surface area contributed by atoms with Crippen molar-refractivity contribution in [3.63, 3.8) is 0 Å². The van der Waals surface area contributed by atoms with Crippen molar-refractivity contribution in [2.75, 3.05) is 12.3 Å². The van der Waals surface area contributed by atoms with Crippen LogP contribution in [0.15, 0.2) is 30.3 Å². The molecule has 7 heteroatoms. The van der Waals surface area contributed by atoms with Crippen LogP contribution in [0.4, 0.5) is 4.79 Å². The van der Waals surface area contributed by atoms with Crippen LogP contribution in [0.1, 0.15) is 19.4 Å². The molecule has 1 N–H and O–H groups in total. The number of hydrogen-bond acceptors (Lipinski definition) is 4. The van der Waals surface area contributed by atoms with Crippen molar-refractivity contribution in [1.29, 1.82) is 0 Å². The second-order valence-electron chi connectivity index (χ2n) is 6.23. The fraction of sp³-hybridized carbons (Fsp3) is 0.471. The fourth-order valence-electron chi connectivity index (χ4n) is 3.04. The zero-order valence-corrected chi connectivity index (χ0v) is 14.6. The summed E-state index contributed by atoms with van der Waals surface area (Å²) in [6.07, 6.45) is 0.494. The van der Waals surface area contributed by atoms with E-state index in [1.165, 1.54) is 4.90 Å². The lowest BCUT2D eigenvalue weighted by Crippen LogP contribution is -2.44.